The van der Waals surface area contributed by atoms with Crippen molar-refractivity contribution in [1.82, 2.24) is 15.5 Å². The molecule has 196 valence electrons. The van der Waals surface area contributed by atoms with Crippen LogP contribution in [0.5, 0.6) is 0 Å². The maximum atomic E-state index is 13.0. The van der Waals surface area contributed by atoms with Crippen molar-refractivity contribution < 1.29 is 28.7 Å². The highest BCUT2D eigenvalue weighted by Crippen LogP contribution is 2.32. The molecule has 0 aliphatic carbocycles. The summed E-state index contributed by atoms with van der Waals surface area (Å²) in [7, 11) is 0. The number of imide groups is 2. The summed E-state index contributed by atoms with van der Waals surface area (Å²) in [6.07, 6.45) is 1.24. The highest BCUT2D eigenvalue weighted by molar-refractivity contribution is 6.31. The predicted octanol–water partition coefficient (Wildman–Crippen LogP) is 2.17. The predicted molar refractivity (Wildman–Crippen MR) is 137 cm³/mol. The van der Waals surface area contributed by atoms with Gasteiger partial charge in [0.2, 0.25) is 11.8 Å². The van der Waals surface area contributed by atoms with Crippen LogP contribution in [0.15, 0.2) is 54.2 Å². The van der Waals surface area contributed by atoms with Gasteiger partial charge in [-0.05, 0) is 48.7 Å². The molecule has 6 amide bonds. The van der Waals surface area contributed by atoms with Crippen molar-refractivity contribution in [2.45, 2.75) is 31.3 Å². The minimum absolute atomic E-state index is 0.00212. The zero-order valence-corrected chi connectivity index (χ0v) is 21.1. The zero-order chi connectivity index (χ0) is 27.0. The molecule has 3 heterocycles. The quantitative estimate of drug-likeness (QED) is 0.413. The number of anilines is 2. The molecule has 0 aromatic heterocycles. The number of hydrogen-bond donors (Lipinski definition) is 4. The van der Waals surface area contributed by atoms with Gasteiger partial charge < -0.3 is 20.7 Å². The first-order chi connectivity index (χ1) is 18.1. The number of nitrogens with one attached hydrogen (secondary N) is 4. The van der Waals surface area contributed by atoms with E-state index in [1.165, 1.54) is 0 Å². The molecule has 0 saturated carbocycles. The van der Waals surface area contributed by atoms with E-state index < -0.39 is 41.2 Å². The molecule has 4 N–H and O–H groups in total. The Balaban J connectivity index is 1.28. The Morgan fingerprint density at radius 1 is 1.11 bits per heavy atom. The number of amides is 6. The van der Waals surface area contributed by atoms with Crippen LogP contribution < -0.4 is 21.3 Å². The molecular formula is C26H24ClN5O6. The lowest BCUT2D eigenvalue weighted by atomic mass is 9.87. The second-order valence-electron chi connectivity index (χ2n) is 9.36. The molecule has 1 unspecified atom stereocenters. The third kappa shape index (κ3) is 4.85. The largest absolute Gasteiger partial charge is 0.376 e. The molecule has 11 nitrogen and oxygen atoms in total. The number of piperidine rings is 1. The van der Waals surface area contributed by atoms with Crippen LogP contribution in [-0.4, -0.2) is 53.8 Å². The second kappa shape index (κ2) is 9.92. The standard InChI is InChI=1S/C26H24ClN5O6/c1-14-5-6-17(10-18(14)27)29-25(37)31-26(12-38-13-26)15-3-2-4-16(9-15)28-19-11-22(34)32(24(19)36)20-7-8-21(33)30-23(20)35/h2-6,9-11,20,28H,7-8,12-13H2,1H3,(H2,29,31,37)(H,30,33,35). The van der Waals surface area contributed by atoms with E-state index in [0.717, 1.165) is 22.1 Å². The van der Waals surface area contributed by atoms with Crippen LogP contribution in [0.25, 0.3) is 0 Å². The number of benzene rings is 2. The molecule has 3 aliphatic heterocycles. The van der Waals surface area contributed by atoms with E-state index >= 15 is 0 Å². The molecule has 2 aromatic rings. The van der Waals surface area contributed by atoms with Crippen molar-refractivity contribution in [2.24, 2.45) is 0 Å². The van der Waals surface area contributed by atoms with Gasteiger partial charge in [0.1, 0.15) is 17.3 Å². The molecule has 2 saturated heterocycles. The van der Waals surface area contributed by atoms with E-state index in [9.17, 15) is 24.0 Å². The third-order valence-corrected chi connectivity index (χ3v) is 7.06. The first-order valence-corrected chi connectivity index (χ1v) is 12.3. The van der Waals surface area contributed by atoms with Gasteiger partial charge in [0.15, 0.2) is 0 Å². The molecule has 0 bridgehead atoms. The lowest BCUT2D eigenvalue weighted by molar-refractivity contribution is -0.149. The molecule has 0 radical (unpaired) electrons. The molecule has 2 fully saturated rings. The highest BCUT2D eigenvalue weighted by Gasteiger charge is 2.44. The van der Waals surface area contributed by atoms with Gasteiger partial charge in [-0.25, -0.2) is 4.79 Å². The van der Waals surface area contributed by atoms with Crippen LogP contribution >= 0.6 is 11.6 Å². The van der Waals surface area contributed by atoms with Gasteiger partial charge >= 0.3 is 6.03 Å². The number of aryl methyl sites for hydroxylation is 1. The van der Waals surface area contributed by atoms with Gasteiger partial charge in [-0.2, -0.15) is 0 Å². The molecule has 1 atom stereocenters. The first-order valence-electron chi connectivity index (χ1n) is 11.9. The number of carbonyl (C=O) groups excluding carboxylic acids is 5. The summed E-state index contributed by atoms with van der Waals surface area (Å²) in [5.74, 6) is -2.41. The number of hydrogen-bond acceptors (Lipinski definition) is 7. The number of halogens is 1. The molecule has 3 aliphatic rings. The average Bonchev–Trinajstić information content (AvgIpc) is 3.11. The summed E-state index contributed by atoms with van der Waals surface area (Å²) >= 11 is 6.15. The Labute approximate surface area is 222 Å². The summed E-state index contributed by atoms with van der Waals surface area (Å²) in [4.78, 5) is 62.8. The number of rotatable bonds is 6. The maximum Gasteiger partial charge on any atom is 0.320 e. The SMILES string of the molecule is Cc1ccc(NC(=O)NC2(c3cccc(NC4=CC(=O)N(C5CCC(=O)NC5=O)C4=O)c3)COC2)cc1Cl. The van der Waals surface area contributed by atoms with E-state index in [0.29, 0.717) is 16.4 Å². The monoisotopic (exact) mass is 537 g/mol. The van der Waals surface area contributed by atoms with Crippen LogP contribution in [-0.2, 0) is 29.5 Å². The van der Waals surface area contributed by atoms with Crippen LogP contribution in [0.4, 0.5) is 16.2 Å². The minimum atomic E-state index is -1.05. The van der Waals surface area contributed by atoms with Gasteiger partial charge in [-0.3, -0.25) is 29.4 Å². The Hall–Kier alpha value is -4.22. The molecule has 5 rings (SSSR count). The zero-order valence-electron chi connectivity index (χ0n) is 20.3. The van der Waals surface area contributed by atoms with E-state index in [1.807, 2.05) is 13.0 Å². The van der Waals surface area contributed by atoms with Crippen LogP contribution in [0.3, 0.4) is 0 Å². The number of nitrogens with zero attached hydrogens (tertiary/aromatic N) is 1. The Kier molecular flexibility index (Phi) is 6.64. The van der Waals surface area contributed by atoms with Crippen molar-refractivity contribution in [3.05, 3.63) is 70.4 Å². The Morgan fingerprint density at radius 2 is 1.89 bits per heavy atom. The number of urea groups is 1. The summed E-state index contributed by atoms with van der Waals surface area (Å²) < 4.78 is 5.42. The fourth-order valence-electron chi connectivity index (χ4n) is 4.52. The Morgan fingerprint density at radius 3 is 2.58 bits per heavy atom. The summed E-state index contributed by atoms with van der Waals surface area (Å²) in [6, 6.07) is 10.8. The van der Waals surface area contributed by atoms with Crippen molar-refractivity contribution in [2.75, 3.05) is 23.8 Å². The van der Waals surface area contributed by atoms with Crippen LogP contribution in [0.1, 0.15) is 24.0 Å². The fourth-order valence-corrected chi connectivity index (χ4v) is 4.70. The molecule has 0 spiro atoms. The van der Waals surface area contributed by atoms with Crippen molar-refractivity contribution in [1.29, 1.82) is 0 Å². The van der Waals surface area contributed by atoms with E-state index in [4.69, 9.17) is 16.3 Å². The normalized spacial score (nSPS) is 20.4. The van der Waals surface area contributed by atoms with E-state index in [1.54, 1.807) is 36.4 Å². The molecule has 2 aromatic carbocycles. The highest BCUT2D eigenvalue weighted by atomic mass is 35.5. The number of ether oxygens (including phenoxy) is 1. The summed E-state index contributed by atoms with van der Waals surface area (Å²) in [5, 5.41) is 11.4. The van der Waals surface area contributed by atoms with Crippen molar-refractivity contribution >= 4 is 52.6 Å². The molecule has 38 heavy (non-hydrogen) atoms. The summed E-state index contributed by atoms with van der Waals surface area (Å²) in [6.45, 7) is 2.34. The lowest BCUT2D eigenvalue weighted by Gasteiger charge is -2.42. The topological polar surface area (TPSA) is 146 Å². The van der Waals surface area contributed by atoms with Gasteiger partial charge in [0.05, 0.1) is 13.2 Å². The first kappa shape index (κ1) is 25.4. The fraction of sp³-hybridized carbons (Fsp3) is 0.269. The smallest absolute Gasteiger partial charge is 0.320 e. The average molecular weight is 538 g/mol. The van der Waals surface area contributed by atoms with E-state index in [2.05, 4.69) is 21.3 Å². The molecule has 12 heteroatoms. The third-order valence-electron chi connectivity index (χ3n) is 6.65. The minimum Gasteiger partial charge on any atom is -0.376 e. The maximum absolute atomic E-state index is 13.0. The van der Waals surface area contributed by atoms with Crippen LogP contribution in [0.2, 0.25) is 5.02 Å². The van der Waals surface area contributed by atoms with Gasteiger partial charge in [0.25, 0.3) is 11.8 Å². The van der Waals surface area contributed by atoms with Crippen molar-refractivity contribution in [3.8, 4) is 0 Å². The van der Waals surface area contributed by atoms with Gasteiger partial charge in [-0.1, -0.05) is 29.8 Å². The second-order valence-corrected chi connectivity index (χ2v) is 9.77. The van der Waals surface area contributed by atoms with Crippen molar-refractivity contribution in [3.63, 3.8) is 0 Å². The van der Waals surface area contributed by atoms with Gasteiger partial charge in [0, 0.05) is 28.9 Å². The molecular weight excluding hydrogens is 514 g/mol. The van der Waals surface area contributed by atoms with E-state index in [-0.39, 0.29) is 31.8 Å². The van der Waals surface area contributed by atoms with Crippen LogP contribution in [0, 0.1) is 6.92 Å². The lowest BCUT2D eigenvalue weighted by Crippen LogP contribution is -2.60. The number of carbonyl (C=O) groups is 5. The summed E-state index contributed by atoms with van der Waals surface area (Å²) in [5.41, 5.74) is 1.85. The van der Waals surface area contributed by atoms with Gasteiger partial charge in [-0.15, -0.1) is 0 Å². The Bertz CT molecular complexity index is 1400.